The van der Waals surface area contributed by atoms with Gasteiger partial charge < -0.3 is 5.11 Å². The van der Waals surface area contributed by atoms with Crippen molar-refractivity contribution in [3.8, 4) is 0 Å². The van der Waals surface area contributed by atoms with E-state index in [1.165, 1.54) is 0 Å². The minimum atomic E-state index is -3.49. The summed E-state index contributed by atoms with van der Waals surface area (Å²) in [4.78, 5) is 10.3. The van der Waals surface area contributed by atoms with Gasteiger partial charge in [-0.2, -0.15) is 0 Å². The molecule has 19 heavy (non-hydrogen) atoms. The minimum absolute atomic E-state index is 0.0902. The molecule has 0 heterocycles. The quantitative estimate of drug-likeness (QED) is 0.809. The molecule has 1 aromatic carbocycles. The molecule has 0 saturated heterocycles. The second-order valence-corrected chi connectivity index (χ2v) is 6.52. The Hall–Kier alpha value is -1.11. The third kappa shape index (κ3) is 6.04. The average molecular weight is 306 g/mol. The van der Waals surface area contributed by atoms with Gasteiger partial charge in [-0.1, -0.05) is 23.7 Å². The molecule has 0 aliphatic rings. The number of hydrogen-bond donors (Lipinski definition) is 2. The van der Waals surface area contributed by atoms with Crippen molar-refractivity contribution in [3.05, 3.63) is 34.9 Å². The number of carbonyl (C=O) groups is 1. The van der Waals surface area contributed by atoms with E-state index in [0.29, 0.717) is 5.02 Å². The van der Waals surface area contributed by atoms with Crippen molar-refractivity contribution in [1.82, 2.24) is 4.72 Å². The molecule has 0 spiro atoms. The molecule has 1 rings (SSSR count). The van der Waals surface area contributed by atoms with Crippen LogP contribution in [0.3, 0.4) is 0 Å². The van der Waals surface area contributed by atoms with Gasteiger partial charge in [0, 0.05) is 17.5 Å². The van der Waals surface area contributed by atoms with E-state index in [4.69, 9.17) is 16.7 Å². The first-order valence-corrected chi connectivity index (χ1v) is 7.80. The van der Waals surface area contributed by atoms with Crippen molar-refractivity contribution in [2.45, 2.75) is 25.8 Å². The van der Waals surface area contributed by atoms with Gasteiger partial charge in [-0.15, -0.1) is 0 Å². The van der Waals surface area contributed by atoms with Crippen molar-refractivity contribution in [2.24, 2.45) is 0 Å². The third-order valence-corrected chi connectivity index (χ3v) is 4.28. The van der Waals surface area contributed by atoms with Crippen molar-refractivity contribution in [2.75, 3.05) is 5.75 Å². The van der Waals surface area contributed by atoms with Gasteiger partial charge in [-0.05, 0) is 31.0 Å². The number of nitrogens with one attached hydrogen (secondary N) is 1. The van der Waals surface area contributed by atoms with Gasteiger partial charge in [-0.25, -0.2) is 13.1 Å². The van der Waals surface area contributed by atoms with Crippen LogP contribution >= 0.6 is 11.6 Å². The molecule has 5 nitrogen and oxygen atoms in total. The van der Waals surface area contributed by atoms with Crippen LogP contribution in [0.15, 0.2) is 24.3 Å². The van der Waals surface area contributed by atoms with Crippen molar-refractivity contribution >= 4 is 27.6 Å². The molecular weight excluding hydrogens is 290 g/mol. The summed E-state index contributed by atoms with van der Waals surface area (Å²) in [6, 6.07) is 6.50. The molecule has 1 aromatic rings. The molecule has 0 aliphatic heterocycles. The zero-order valence-electron chi connectivity index (χ0n) is 10.5. The summed E-state index contributed by atoms with van der Waals surface area (Å²) >= 11 is 5.84. The van der Waals surface area contributed by atoms with Gasteiger partial charge in [0.25, 0.3) is 0 Å². The first kappa shape index (κ1) is 15.9. The van der Waals surface area contributed by atoms with Crippen molar-refractivity contribution < 1.29 is 18.3 Å². The van der Waals surface area contributed by atoms with E-state index in [0.717, 1.165) is 5.56 Å². The van der Waals surface area contributed by atoms with Gasteiger partial charge in [0.05, 0.1) is 5.75 Å². The van der Waals surface area contributed by atoms with Crippen LogP contribution in [0.1, 0.15) is 31.4 Å². The fourth-order valence-electron chi connectivity index (χ4n) is 1.59. The topological polar surface area (TPSA) is 83.5 Å². The van der Waals surface area contributed by atoms with Gasteiger partial charge in [0.2, 0.25) is 10.0 Å². The number of halogens is 1. The predicted octanol–water partition coefficient (Wildman–Crippen LogP) is 2.19. The Balaban J connectivity index is 2.60. The minimum Gasteiger partial charge on any atom is -0.481 e. The Kier molecular flexibility index (Phi) is 5.78. The highest BCUT2D eigenvalue weighted by Gasteiger charge is 2.16. The summed E-state index contributed by atoms with van der Waals surface area (Å²) in [7, 11) is -3.49. The normalized spacial score (nSPS) is 13.2. The predicted molar refractivity (Wildman–Crippen MR) is 73.7 cm³/mol. The van der Waals surface area contributed by atoms with Crippen molar-refractivity contribution in [1.29, 1.82) is 0 Å². The average Bonchev–Trinajstić information content (AvgIpc) is 2.27. The molecule has 0 unspecified atom stereocenters. The van der Waals surface area contributed by atoms with Crippen molar-refractivity contribution in [3.63, 3.8) is 0 Å². The molecular formula is C12H16ClNO4S. The number of carboxylic acid groups (broad SMARTS) is 1. The summed E-state index contributed by atoms with van der Waals surface area (Å²) < 4.78 is 26.0. The summed E-state index contributed by atoms with van der Waals surface area (Å²) in [5.74, 6) is -1.21. The first-order valence-electron chi connectivity index (χ1n) is 5.77. The largest absolute Gasteiger partial charge is 0.481 e. The highest BCUT2D eigenvalue weighted by molar-refractivity contribution is 7.89. The highest BCUT2D eigenvalue weighted by atomic mass is 35.5. The SMILES string of the molecule is C[C@H](NS(=O)(=O)CCCC(=O)O)c1cccc(Cl)c1. The van der Waals surface area contributed by atoms with Crippen LogP contribution in [0.25, 0.3) is 0 Å². The second kappa shape index (κ2) is 6.88. The van der Waals surface area contributed by atoms with Crippen LogP contribution in [-0.4, -0.2) is 25.2 Å². The van der Waals surface area contributed by atoms with Crippen LogP contribution < -0.4 is 4.72 Å². The lowest BCUT2D eigenvalue weighted by Gasteiger charge is -2.14. The number of sulfonamides is 1. The molecule has 0 fully saturated rings. The summed E-state index contributed by atoms with van der Waals surface area (Å²) in [5, 5.41) is 9.01. The standard InChI is InChI=1S/C12H16ClNO4S/c1-9(10-4-2-5-11(13)8-10)14-19(17,18)7-3-6-12(15)16/h2,4-5,8-9,14H,3,6-7H2,1H3,(H,15,16)/t9-/m0/s1. The smallest absolute Gasteiger partial charge is 0.303 e. The van der Waals surface area contributed by atoms with Crippen LogP contribution in [0.4, 0.5) is 0 Å². The first-order chi connectivity index (χ1) is 8.80. The maximum absolute atomic E-state index is 11.7. The van der Waals surface area contributed by atoms with Crippen LogP contribution in [0.5, 0.6) is 0 Å². The van der Waals surface area contributed by atoms with E-state index in [2.05, 4.69) is 4.72 Å². The highest BCUT2D eigenvalue weighted by Crippen LogP contribution is 2.18. The van der Waals surface area contributed by atoms with Crippen LogP contribution in [-0.2, 0) is 14.8 Å². The Bertz CT molecular complexity index is 544. The van der Waals surface area contributed by atoms with E-state index < -0.39 is 22.0 Å². The molecule has 7 heteroatoms. The maximum Gasteiger partial charge on any atom is 0.303 e. The lowest BCUT2D eigenvalue weighted by atomic mass is 10.1. The molecule has 106 valence electrons. The lowest BCUT2D eigenvalue weighted by Crippen LogP contribution is -2.29. The summed E-state index contributed by atoms with van der Waals surface area (Å²) in [6.45, 7) is 1.71. The fourth-order valence-corrected chi connectivity index (χ4v) is 3.10. The van der Waals surface area contributed by atoms with E-state index in [9.17, 15) is 13.2 Å². The van der Waals surface area contributed by atoms with Gasteiger partial charge in [0.15, 0.2) is 0 Å². The van der Waals surface area contributed by atoms with Gasteiger partial charge >= 0.3 is 5.97 Å². The summed E-state index contributed by atoms with van der Waals surface area (Å²) in [5.41, 5.74) is 0.759. The van der Waals surface area contributed by atoms with E-state index >= 15 is 0 Å². The fraction of sp³-hybridized carbons (Fsp3) is 0.417. The summed E-state index contributed by atoms with van der Waals surface area (Å²) in [6.07, 6.45) is -0.0701. The molecule has 0 radical (unpaired) electrons. The Labute approximate surface area is 117 Å². The number of rotatable bonds is 7. The van der Waals surface area contributed by atoms with E-state index in [1.807, 2.05) is 0 Å². The second-order valence-electron chi connectivity index (χ2n) is 4.21. The molecule has 0 bridgehead atoms. The number of aliphatic carboxylic acids is 1. The number of carboxylic acids is 1. The third-order valence-electron chi connectivity index (χ3n) is 2.51. The zero-order chi connectivity index (χ0) is 14.5. The number of hydrogen-bond acceptors (Lipinski definition) is 3. The van der Waals surface area contributed by atoms with Crippen LogP contribution in [0, 0.1) is 0 Å². The molecule has 0 amide bonds. The molecule has 2 N–H and O–H groups in total. The molecule has 0 aliphatic carbocycles. The Morgan fingerprint density at radius 1 is 1.47 bits per heavy atom. The maximum atomic E-state index is 11.7. The zero-order valence-corrected chi connectivity index (χ0v) is 12.0. The monoisotopic (exact) mass is 305 g/mol. The van der Waals surface area contributed by atoms with E-state index in [1.54, 1.807) is 31.2 Å². The Morgan fingerprint density at radius 3 is 2.74 bits per heavy atom. The van der Waals surface area contributed by atoms with Gasteiger partial charge in [0.1, 0.15) is 0 Å². The molecule has 1 atom stereocenters. The molecule has 0 aromatic heterocycles. The van der Waals surface area contributed by atoms with E-state index in [-0.39, 0.29) is 18.6 Å². The lowest BCUT2D eigenvalue weighted by molar-refractivity contribution is -0.137. The Morgan fingerprint density at radius 2 is 2.16 bits per heavy atom. The number of benzene rings is 1. The van der Waals surface area contributed by atoms with Crippen LogP contribution in [0.2, 0.25) is 5.02 Å². The molecule has 0 saturated carbocycles. The van der Waals surface area contributed by atoms with Gasteiger partial charge in [-0.3, -0.25) is 4.79 Å².